The third-order valence-electron chi connectivity index (χ3n) is 4.86. The first-order chi connectivity index (χ1) is 16.9. The molecule has 0 aliphatic carbocycles. The molecule has 0 spiro atoms. The Morgan fingerprint density at radius 3 is 2.43 bits per heavy atom. The van der Waals surface area contributed by atoms with Crippen LogP contribution < -0.4 is 19.7 Å². The maximum atomic E-state index is 13.0. The Kier molecular flexibility index (Phi) is 8.07. The van der Waals surface area contributed by atoms with Gasteiger partial charge in [0.15, 0.2) is 10.9 Å². The Morgan fingerprint density at radius 2 is 1.74 bits per heavy atom. The number of rotatable bonds is 8. The van der Waals surface area contributed by atoms with Crippen LogP contribution in [0.1, 0.15) is 12.5 Å². The van der Waals surface area contributed by atoms with Crippen LogP contribution in [-0.4, -0.2) is 29.3 Å². The lowest BCUT2D eigenvalue weighted by Crippen LogP contribution is -2.27. The number of thioether (sulfide) groups is 1. The van der Waals surface area contributed by atoms with Crippen LogP contribution in [0.3, 0.4) is 0 Å². The van der Waals surface area contributed by atoms with Crippen LogP contribution in [0.15, 0.2) is 77.7 Å². The lowest BCUT2D eigenvalue weighted by Gasteiger charge is -2.15. The zero-order valence-corrected chi connectivity index (χ0v) is 21.1. The third-order valence-corrected chi connectivity index (χ3v) is 6.39. The summed E-state index contributed by atoms with van der Waals surface area (Å²) in [7, 11) is 0. The van der Waals surface area contributed by atoms with Gasteiger partial charge in [-0.2, -0.15) is 0 Å². The fourth-order valence-electron chi connectivity index (χ4n) is 3.27. The van der Waals surface area contributed by atoms with Crippen LogP contribution in [-0.2, 0) is 9.59 Å². The van der Waals surface area contributed by atoms with Gasteiger partial charge in [0.1, 0.15) is 11.5 Å². The standard InChI is InChI=1S/C26H21ClN2O4S2/c1-2-32-21-12-8-20(9-13-21)29-25(31)23(35-26(29)34)14-17-6-10-22(11-7-17)33-16-24(30)28-19-5-3-4-18(27)15-19/h3-15H,2,16H2,1H3,(H,28,30)/b23-14-. The van der Waals surface area contributed by atoms with Crippen molar-refractivity contribution in [3.05, 3.63) is 88.3 Å². The smallest absolute Gasteiger partial charge is 0.270 e. The summed E-state index contributed by atoms with van der Waals surface area (Å²) in [5.41, 5.74) is 2.11. The van der Waals surface area contributed by atoms with Gasteiger partial charge >= 0.3 is 0 Å². The maximum Gasteiger partial charge on any atom is 0.270 e. The van der Waals surface area contributed by atoms with Crippen LogP contribution in [0, 0.1) is 0 Å². The summed E-state index contributed by atoms with van der Waals surface area (Å²) in [5.74, 6) is 0.795. The first kappa shape index (κ1) is 24.8. The molecule has 1 heterocycles. The van der Waals surface area contributed by atoms with Crippen LogP contribution in [0.4, 0.5) is 11.4 Å². The number of amides is 2. The molecule has 0 bridgehead atoms. The Balaban J connectivity index is 1.36. The van der Waals surface area contributed by atoms with Crippen LogP contribution in [0.5, 0.6) is 11.5 Å². The number of nitrogens with one attached hydrogen (secondary N) is 1. The number of carbonyl (C=O) groups is 2. The Hall–Kier alpha value is -3.33. The number of halogens is 1. The summed E-state index contributed by atoms with van der Waals surface area (Å²) in [6.07, 6.45) is 1.78. The van der Waals surface area contributed by atoms with Crippen LogP contribution in [0.2, 0.25) is 5.02 Å². The van der Waals surface area contributed by atoms with Gasteiger partial charge < -0.3 is 14.8 Å². The molecule has 0 radical (unpaired) electrons. The zero-order chi connectivity index (χ0) is 24.8. The summed E-state index contributed by atoms with van der Waals surface area (Å²) in [4.78, 5) is 27.1. The molecule has 35 heavy (non-hydrogen) atoms. The molecule has 4 rings (SSSR count). The quantitative estimate of drug-likeness (QED) is 0.281. The van der Waals surface area contributed by atoms with Crippen molar-refractivity contribution in [1.82, 2.24) is 0 Å². The first-order valence-electron chi connectivity index (χ1n) is 10.7. The highest BCUT2D eigenvalue weighted by Gasteiger charge is 2.33. The summed E-state index contributed by atoms with van der Waals surface area (Å²) in [6, 6.07) is 21.3. The van der Waals surface area contributed by atoms with Gasteiger partial charge in [0, 0.05) is 10.7 Å². The van der Waals surface area contributed by atoms with E-state index >= 15 is 0 Å². The van der Waals surface area contributed by atoms with E-state index in [1.165, 1.54) is 16.7 Å². The highest BCUT2D eigenvalue weighted by Crippen LogP contribution is 2.36. The van der Waals surface area contributed by atoms with Gasteiger partial charge in [0.05, 0.1) is 17.2 Å². The fraction of sp³-hybridized carbons (Fsp3) is 0.115. The molecule has 0 saturated carbocycles. The molecule has 3 aromatic carbocycles. The van der Waals surface area contributed by atoms with Gasteiger partial charge in [-0.25, -0.2) is 0 Å². The first-order valence-corrected chi connectivity index (χ1v) is 12.3. The number of anilines is 2. The number of thiocarbonyl (C=S) groups is 1. The topological polar surface area (TPSA) is 67.9 Å². The van der Waals surface area contributed by atoms with E-state index in [4.69, 9.17) is 33.3 Å². The molecule has 178 valence electrons. The third kappa shape index (κ3) is 6.42. The minimum absolute atomic E-state index is 0.146. The minimum Gasteiger partial charge on any atom is -0.494 e. The van der Waals surface area contributed by atoms with Crippen molar-refractivity contribution < 1.29 is 19.1 Å². The molecule has 0 unspecified atom stereocenters. The van der Waals surface area contributed by atoms with Crippen molar-refractivity contribution in [2.45, 2.75) is 6.92 Å². The number of nitrogens with zero attached hydrogens (tertiary/aromatic N) is 1. The molecule has 1 aliphatic rings. The van der Waals surface area contributed by atoms with Gasteiger partial charge in [-0.05, 0) is 73.2 Å². The van der Waals surface area contributed by atoms with E-state index < -0.39 is 0 Å². The van der Waals surface area contributed by atoms with Crippen molar-refractivity contribution in [2.75, 3.05) is 23.4 Å². The molecular weight excluding hydrogens is 504 g/mol. The molecule has 1 N–H and O–H groups in total. The summed E-state index contributed by atoms with van der Waals surface area (Å²) in [5, 5.41) is 3.26. The highest BCUT2D eigenvalue weighted by molar-refractivity contribution is 8.27. The van der Waals surface area contributed by atoms with Gasteiger partial charge in [-0.3, -0.25) is 14.5 Å². The zero-order valence-electron chi connectivity index (χ0n) is 18.7. The molecule has 0 atom stereocenters. The lowest BCUT2D eigenvalue weighted by molar-refractivity contribution is -0.118. The van der Waals surface area contributed by atoms with E-state index in [1.54, 1.807) is 42.5 Å². The van der Waals surface area contributed by atoms with Crippen molar-refractivity contribution >= 4 is 69.2 Å². The van der Waals surface area contributed by atoms with Crippen molar-refractivity contribution in [3.8, 4) is 11.5 Å². The van der Waals surface area contributed by atoms with E-state index in [1.807, 2.05) is 43.3 Å². The number of hydrogen-bond acceptors (Lipinski definition) is 6. The predicted octanol–water partition coefficient (Wildman–Crippen LogP) is 6.16. The SMILES string of the molecule is CCOc1ccc(N2C(=O)/C(=C/c3ccc(OCC(=O)Nc4cccc(Cl)c4)cc3)SC2=S)cc1. The van der Waals surface area contributed by atoms with Crippen LogP contribution in [0.25, 0.3) is 6.08 Å². The van der Waals surface area contributed by atoms with Gasteiger partial charge in [-0.1, -0.05) is 53.8 Å². The Labute approximate surface area is 217 Å². The normalized spacial score (nSPS) is 14.3. The second kappa shape index (κ2) is 11.4. The highest BCUT2D eigenvalue weighted by atomic mass is 35.5. The number of benzene rings is 3. The molecule has 1 saturated heterocycles. The van der Waals surface area contributed by atoms with Crippen LogP contribution >= 0.6 is 35.6 Å². The van der Waals surface area contributed by atoms with Gasteiger partial charge in [0.25, 0.3) is 11.8 Å². The summed E-state index contributed by atoms with van der Waals surface area (Å²) >= 11 is 12.6. The minimum atomic E-state index is -0.297. The molecule has 9 heteroatoms. The molecule has 2 amide bonds. The van der Waals surface area contributed by atoms with E-state index in [0.717, 1.165) is 11.3 Å². The molecule has 3 aromatic rings. The maximum absolute atomic E-state index is 13.0. The lowest BCUT2D eigenvalue weighted by atomic mass is 10.2. The average molecular weight is 525 g/mol. The molecular formula is C26H21ClN2O4S2. The van der Waals surface area contributed by atoms with E-state index in [0.29, 0.717) is 38.0 Å². The number of carbonyl (C=O) groups excluding carboxylic acids is 2. The molecule has 1 aliphatic heterocycles. The van der Waals surface area contributed by atoms with Crippen molar-refractivity contribution in [1.29, 1.82) is 0 Å². The predicted molar refractivity (Wildman–Crippen MR) is 145 cm³/mol. The Bertz CT molecular complexity index is 1280. The second-order valence-electron chi connectivity index (χ2n) is 7.36. The molecule has 1 fully saturated rings. The molecule has 0 aromatic heterocycles. The van der Waals surface area contributed by atoms with Gasteiger partial charge in [-0.15, -0.1) is 0 Å². The van der Waals surface area contributed by atoms with Crippen molar-refractivity contribution in [2.24, 2.45) is 0 Å². The molecule has 6 nitrogen and oxygen atoms in total. The van der Waals surface area contributed by atoms with E-state index in [2.05, 4.69) is 5.32 Å². The van der Waals surface area contributed by atoms with E-state index in [-0.39, 0.29) is 18.4 Å². The number of hydrogen-bond donors (Lipinski definition) is 1. The summed E-state index contributed by atoms with van der Waals surface area (Å²) < 4.78 is 11.5. The van der Waals surface area contributed by atoms with Gasteiger partial charge in [0.2, 0.25) is 0 Å². The monoisotopic (exact) mass is 524 g/mol. The number of ether oxygens (including phenoxy) is 2. The summed E-state index contributed by atoms with van der Waals surface area (Å²) in [6.45, 7) is 2.34. The second-order valence-corrected chi connectivity index (χ2v) is 9.47. The largest absolute Gasteiger partial charge is 0.494 e. The van der Waals surface area contributed by atoms with Crippen molar-refractivity contribution in [3.63, 3.8) is 0 Å². The Morgan fingerprint density at radius 1 is 1.06 bits per heavy atom. The average Bonchev–Trinajstić information content (AvgIpc) is 3.12. The fourth-order valence-corrected chi connectivity index (χ4v) is 4.76. The van der Waals surface area contributed by atoms with E-state index in [9.17, 15) is 9.59 Å².